The number of fused-ring (bicyclic) bond motifs is 1. The van der Waals surface area contributed by atoms with Gasteiger partial charge in [-0.15, -0.1) is 21.5 Å². The number of carbonyl (C=O) groups is 1. The number of hydrogen-bond donors (Lipinski definition) is 0. The van der Waals surface area contributed by atoms with Crippen molar-refractivity contribution >= 4 is 50.6 Å². The van der Waals surface area contributed by atoms with Crippen LogP contribution in [0.2, 0.25) is 5.02 Å². The third kappa shape index (κ3) is 3.85. The molecule has 0 bridgehead atoms. The molecule has 28 heavy (non-hydrogen) atoms. The van der Waals surface area contributed by atoms with Crippen molar-refractivity contribution in [3.8, 4) is 10.8 Å². The van der Waals surface area contributed by atoms with Crippen LogP contribution < -0.4 is 0 Å². The lowest BCUT2D eigenvalue weighted by Gasteiger charge is -2.05. The summed E-state index contributed by atoms with van der Waals surface area (Å²) >= 11 is 9.21. The van der Waals surface area contributed by atoms with E-state index in [4.69, 9.17) is 16.0 Å². The summed E-state index contributed by atoms with van der Waals surface area (Å²) in [5.74, 6) is 1.08. The molecule has 0 saturated heterocycles. The van der Waals surface area contributed by atoms with E-state index in [1.165, 1.54) is 28.7 Å². The predicted octanol–water partition coefficient (Wildman–Crippen LogP) is 6.70. The van der Waals surface area contributed by atoms with E-state index in [-0.39, 0.29) is 11.5 Å². The Balaban J connectivity index is 1.46. The van der Waals surface area contributed by atoms with Crippen LogP contribution in [0, 0.1) is 0 Å². The Morgan fingerprint density at radius 3 is 2.61 bits per heavy atom. The van der Waals surface area contributed by atoms with Crippen LogP contribution in [0.15, 0.2) is 58.2 Å². The van der Waals surface area contributed by atoms with Gasteiger partial charge in [0.1, 0.15) is 4.88 Å². The molecule has 2 heterocycles. The molecule has 0 atom stereocenters. The highest BCUT2D eigenvalue weighted by Crippen LogP contribution is 2.41. The Morgan fingerprint density at radius 2 is 1.89 bits per heavy atom. The molecule has 2 aromatic carbocycles. The third-order valence-corrected chi connectivity index (χ3v) is 6.84. The molecule has 0 spiro atoms. The van der Waals surface area contributed by atoms with E-state index in [0.29, 0.717) is 27.6 Å². The van der Waals surface area contributed by atoms with Gasteiger partial charge in [0.15, 0.2) is 5.78 Å². The Kier molecular flexibility index (Phi) is 5.53. The number of nitrogens with zero attached hydrogens (tertiary/aromatic N) is 2. The summed E-state index contributed by atoms with van der Waals surface area (Å²) < 4.78 is 6.80. The average molecular weight is 429 g/mol. The van der Waals surface area contributed by atoms with Crippen LogP contribution in [0.4, 0.5) is 0 Å². The van der Waals surface area contributed by atoms with Crippen molar-refractivity contribution in [2.45, 2.75) is 25.0 Å². The van der Waals surface area contributed by atoms with Gasteiger partial charge in [-0.3, -0.25) is 4.79 Å². The number of carbonyl (C=O) groups excluding carboxylic acids is 1. The molecule has 0 unspecified atom stereocenters. The van der Waals surface area contributed by atoms with Gasteiger partial charge in [0, 0.05) is 15.6 Å². The first kappa shape index (κ1) is 19.2. The number of halogens is 1. The minimum atomic E-state index is 0.0277. The zero-order valence-electron chi connectivity index (χ0n) is 15.3. The molecule has 7 heteroatoms. The standard InChI is InChI=1S/C21H17ClN2O2S2/c1-12(2)13-7-9-14(10-8-13)16(25)11-27-21-24-23-20(26-21)19-18(22)15-5-3-4-6-17(15)28-19/h3-10,12H,11H2,1-2H3. The lowest BCUT2D eigenvalue weighted by atomic mass is 10.0. The van der Waals surface area contributed by atoms with Gasteiger partial charge in [0.05, 0.1) is 10.8 Å². The summed E-state index contributed by atoms with van der Waals surface area (Å²) in [7, 11) is 0. The number of hydrogen-bond acceptors (Lipinski definition) is 6. The maximum atomic E-state index is 12.4. The second-order valence-electron chi connectivity index (χ2n) is 6.60. The molecule has 142 valence electrons. The van der Waals surface area contributed by atoms with Gasteiger partial charge in [-0.1, -0.05) is 79.7 Å². The molecular formula is C21H17ClN2O2S2. The average Bonchev–Trinajstić information content (AvgIpc) is 3.31. The van der Waals surface area contributed by atoms with Crippen molar-refractivity contribution in [3.63, 3.8) is 0 Å². The number of rotatable bonds is 6. The number of benzene rings is 2. The third-order valence-electron chi connectivity index (χ3n) is 4.36. The molecule has 0 N–H and O–H groups in total. The highest BCUT2D eigenvalue weighted by Gasteiger charge is 2.18. The second-order valence-corrected chi connectivity index (χ2v) is 8.96. The zero-order valence-corrected chi connectivity index (χ0v) is 17.7. The fourth-order valence-electron chi connectivity index (χ4n) is 2.78. The van der Waals surface area contributed by atoms with Gasteiger partial charge in [0.25, 0.3) is 11.1 Å². The second kappa shape index (κ2) is 8.07. The van der Waals surface area contributed by atoms with E-state index in [1.54, 1.807) is 0 Å². The zero-order chi connectivity index (χ0) is 19.7. The minimum Gasteiger partial charge on any atom is -0.410 e. The molecule has 0 amide bonds. The Hall–Kier alpha value is -2.15. The molecule has 4 aromatic rings. The molecular weight excluding hydrogens is 412 g/mol. The van der Waals surface area contributed by atoms with Crippen LogP contribution in [0.25, 0.3) is 20.9 Å². The highest BCUT2D eigenvalue weighted by atomic mass is 35.5. The first-order chi connectivity index (χ1) is 13.5. The van der Waals surface area contributed by atoms with Crippen molar-refractivity contribution < 1.29 is 9.21 Å². The van der Waals surface area contributed by atoms with Gasteiger partial charge in [-0.05, 0) is 17.5 Å². The molecule has 0 saturated carbocycles. The lowest BCUT2D eigenvalue weighted by molar-refractivity contribution is 0.102. The fraction of sp³-hybridized carbons (Fsp3) is 0.190. The van der Waals surface area contributed by atoms with Crippen LogP contribution in [-0.4, -0.2) is 21.7 Å². The fourth-order valence-corrected chi connectivity index (χ4v) is 4.87. The molecule has 0 aliphatic rings. The van der Waals surface area contributed by atoms with Crippen LogP contribution in [0.1, 0.15) is 35.7 Å². The van der Waals surface area contributed by atoms with E-state index in [0.717, 1.165) is 15.0 Å². The molecule has 0 aliphatic heterocycles. The van der Waals surface area contributed by atoms with Gasteiger partial charge in [-0.2, -0.15) is 0 Å². The SMILES string of the molecule is CC(C)c1ccc(C(=O)CSc2nnc(-c3sc4ccccc4c3Cl)o2)cc1. The minimum absolute atomic E-state index is 0.0277. The summed E-state index contributed by atoms with van der Waals surface area (Å²) in [6.45, 7) is 4.26. The van der Waals surface area contributed by atoms with Gasteiger partial charge in [-0.25, -0.2) is 0 Å². The van der Waals surface area contributed by atoms with Crippen molar-refractivity contribution in [3.05, 3.63) is 64.7 Å². The predicted molar refractivity (Wildman–Crippen MR) is 116 cm³/mol. The van der Waals surface area contributed by atoms with E-state index in [2.05, 4.69) is 24.0 Å². The van der Waals surface area contributed by atoms with Crippen LogP contribution in [-0.2, 0) is 0 Å². The molecule has 0 radical (unpaired) electrons. The maximum absolute atomic E-state index is 12.4. The first-order valence-electron chi connectivity index (χ1n) is 8.80. The smallest absolute Gasteiger partial charge is 0.277 e. The van der Waals surface area contributed by atoms with Crippen LogP contribution >= 0.6 is 34.7 Å². The van der Waals surface area contributed by atoms with Crippen molar-refractivity contribution in [2.75, 3.05) is 5.75 Å². The Bertz CT molecular complexity index is 1130. The summed E-state index contributed by atoms with van der Waals surface area (Å²) in [5, 5.41) is 10.1. The van der Waals surface area contributed by atoms with E-state index < -0.39 is 0 Å². The molecule has 0 aliphatic carbocycles. The molecule has 4 nitrogen and oxygen atoms in total. The van der Waals surface area contributed by atoms with Crippen molar-refractivity contribution in [1.82, 2.24) is 10.2 Å². The number of thioether (sulfide) groups is 1. The van der Waals surface area contributed by atoms with E-state index in [1.807, 2.05) is 48.5 Å². The van der Waals surface area contributed by atoms with Gasteiger partial charge < -0.3 is 4.42 Å². The summed E-state index contributed by atoms with van der Waals surface area (Å²) in [4.78, 5) is 13.2. The normalized spacial score (nSPS) is 11.4. The monoisotopic (exact) mass is 428 g/mol. The van der Waals surface area contributed by atoms with Gasteiger partial charge in [0.2, 0.25) is 0 Å². The number of aromatic nitrogens is 2. The largest absolute Gasteiger partial charge is 0.410 e. The van der Waals surface area contributed by atoms with E-state index in [9.17, 15) is 4.79 Å². The summed E-state index contributed by atoms with van der Waals surface area (Å²) in [6.07, 6.45) is 0. The number of Topliss-reactive ketones (excluding diaryl/α,β-unsaturated/α-hetero) is 1. The quantitative estimate of drug-likeness (QED) is 0.252. The maximum Gasteiger partial charge on any atom is 0.277 e. The van der Waals surface area contributed by atoms with Gasteiger partial charge >= 0.3 is 0 Å². The van der Waals surface area contributed by atoms with Crippen LogP contribution in [0.5, 0.6) is 0 Å². The van der Waals surface area contributed by atoms with Crippen LogP contribution in [0.3, 0.4) is 0 Å². The van der Waals surface area contributed by atoms with Crippen molar-refractivity contribution in [2.24, 2.45) is 0 Å². The number of thiophene rings is 1. The van der Waals surface area contributed by atoms with E-state index >= 15 is 0 Å². The molecule has 2 aromatic heterocycles. The summed E-state index contributed by atoms with van der Waals surface area (Å²) in [5.41, 5.74) is 1.90. The number of ketones is 1. The Morgan fingerprint density at radius 1 is 1.14 bits per heavy atom. The molecule has 4 rings (SSSR count). The first-order valence-corrected chi connectivity index (χ1v) is 11.0. The summed E-state index contributed by atoms with van der Waals surface area (Å²) in [6, 6.07) is 15.6. The van der Waals surface area contributed by atoms with Crippen molar-refractivity contribution in [1.29, 1.82) is 0 Å². The lowest BCUT2D eigenvalue weighted by Crippen LogP contribution is -2.02. The Labute approximate surface area is 175 Å². The highest BCUT2D eigenvalue weighted by molar-refractivity contribution is 7.99. The topological polar surface area (TPSA) is 56.0 Å². The molecule has 0 fully saturated rings.